The van der Waals surface area contributed by atoms with Gasteiger partial charge in [0.25, 0.3) is 11.8 Å². The minimum absolute atomic E-state index is 0.0475. The molecule has 1 aromatic heterocycles. The molecular formula is C14H19N3O2S. The zero-order valence-electron chi connectivity index (χ0n) is 11.6. The van der Waals surface area contributed by atoms with E-state index in [1.165, 1.54) is 30.6 Å². The second kappa shape index (κ2) is 5.09. The molecule has 1 aliphatic heterocycles. The molecule has 5 nitrogen and oxygen atoms in total. The lowest BCUT2D eigenvalue weighted by molar-refractivity contribution is 0.0646. The van der Waals surface area contributed by atoms with Crippen LogP contribution in [0.4, 0.5) is 5.69 Å². The van der Waals surface area contributed by atoms with E-state index in [2.05, 4.69) is 5.32 Å². The highest BCUT2D eigenvalue weighted by molar-refractivity contribution is 7.15. The Morgan fingerprint density at radius 3 is 2.70 bits per heavy atom. The number of rotatable bonds is 2. The Bertz CT molecular complexity index is 561. The van der Waals surface area contributed by atoms with Crippen molar-refractivity contribution < 1.29 is 9.59 Å². The molecule has 0 radical (unpaired) electrons. The molecule has 0 aromatic carbocycles. The molecule has 0 bridgehead atoms. The van der Waals surface area contributed by atoms with E-state index in [-0.39, 0.29) is 5.91 Å². The zero-order chi connectivity index (χ0) is 14.3. The molecule has 0 atom stereocenters. The van der Waals surface area contributed by atoms with Crippen LogP contribution in [0.15, 0.2) is 0 Å². The molecule has 1 fully saturated rings. The fraction of sp³-hybridized carbons (Fsp3) is 0.571. The average Bonchev–Trinajstić information content (AvgIpc) is 2.77. The van der Waals surface area contributed by atoms with Gasteiger partial charge in [0.15, 0.2) is 0 Å². The first kappa shape index (κ1) is 13.4. The predicted octanol–water partition coefficient (Wildman–Crippen LogP) is 2.31. The van der Waals surface area contributed by atoms with Crippen molar-refractivity contribution in [2.75, 3.05) is 12.0 Å². The molecule has 108 valence electrons. The maximum absolute atomic E-state index is 12.6. The highest BCUT2D eigenvalue weighted by atomic mass is 32.1. The van der Waals surface area contributed by atoms with Crippen molar-refractivity contribution in [1.29, 1.82) is 0 Å². The Hall–Kier alpha value is -1.56. The summed E-state index contributed by atoms with van der Waals surface area (Å²) in [6.45, 7) is 2.32. The molecule has 1 aromatic rings. The summed E-state index contributed by atoms with van der Waals surface area (Å²) >= 11 is 1.37. The van der Waals surface area contributed by atoms with Crippen LogP contribution in [0.5, 0.6) is 0 Å². The standard InChI is InChI=1S/C14H19N3O2S/c1-8-10(13(15)18)11-12(20-8)14(19)17(7-16-11)9-5-3-2-4-6-9/h9,16H,2-7H2,1H3,(H2,15,18). The molecule has 3 rings (SSSR count). The summed E-state index contributed by atoms with van der Waals surface area (Å²) in [5.74, 6) is -0.419. The van der Waals surface area contributed by atoms with Crippen LogP contribution in [0.25, 0.3) is 0 Å². The Labute approximate surface area is 122 Å². The fourth-order valence-electron chi connectivity index (χ4n) is 3.21. The van der Waals surface area contributed by atoms with Gasteiger partial charge in [0.1, 0.15) is 4.88 Å². The van der Waals surface area contributed by atoms with Gasteiger partial charge in [-0.3, -0.25) is 9.59 Å². The largest absolute Gasteiger partial charge is 0.366 e. The van der Waals surface area contributed by atoms with E-state index in [0.29, 0.717) is 28.8 Å². The quantitative estimate of drug-likeness (QED) is 0.878. The van der Waals surface area contributed by atoms with E-state index < -0.39 is 5.91 Å². The number of thiophene rings is 1. The highest BCUT2D eigenvalue weighted by Gasteiger charge is 2.34. The first-order chi connectivity index (χ1) is 9.59. The second-order valence-electron chi connectivity index (χ2n) is 5.50. The Morgan fingerprint density at radius 1 is 1.35 bits per heavy atom. The molecule has 1 aliphatic carbocycles. The van der Waals surface area contributed by atoms with Gasteiger partial charge >= 0.3 is 0 Å². The molecule has 0 saturated heterocycles. The van der Waals surface area contributed by atoms with Crippen LogP contribution in [0.2, 0.25) is 0 Å². The first-order valence-corrected chi connectivity index (χ1v) is 7.89. The van der Waals surface area contributed by atoms with E-state index in [9.17, 15) is 9.59 Å². The van der Waals surface area contributed by atoms with E-state index in [1.807, 2.05) is 11.8 Å². The summed E-state index contributed by atoms with van der Waals surface area (Å²) in [5.41, 5.74) is 6.52. The lowest BCUT2D eigenvalue weighted by atomic mass is 9.94. The van der Waals surface area contributed by atoms with Gasteiger partial charge in [-0.15, -0.1) is 11.3 Å². The number of hydrogen-bond acceptors (Lipinski definition) is 4. The average molecular weight is 293 g/mol. The van der Waals surface area contributed by atoms with Gasteiger partial charge in [0.2, 0.25) is 0 Å². The summed E-state index contributed by atoms with van der Waals surface area (Å²) < 4.78 is 0. The van der Waals surface area contributed by atoms with Crippen molar-refractivity contribution in [2.24, 2.45) is 5.73 Å². The van der Waals surface area contributed by atoms with Crippen LogP contribution in [-0.2, 0) is 0 Å². The van der Waals surface area contributed by atoms with Crippen molar-refractivity contribution in [1.82, 2.24) is 4.90 Å². The third kappa shape index (κ3) is 2.08. The summed E-state index contributed by atoms with van der Waals surface area (Å²) in [4.78, 5) is 27.5. The van der Waals surface area contributed by atoms with Gasteiger partial charge in [-0.05, 0) is 19.8 Å². The van der Waals surface area contributed by atoms with Gasteiger partial charge in [0, 0.05) is 10.9 Å². The van der Waals surface area contributed by atoms with Crippen molar-refractivity contribution in [3.05, 3.63) is 15.3 Å². The number of fused-ring (bicyclic) bond motifs is 1. The van der Waals surface area contributed by atoms with E-state index in [1.54, 1.807) is 0 Å². The predicted molar refractivity (Wildman–Crippen MR) is 79.1 cm³/mol. The molecule has 2 aliphatic rings. The third-order valence-electron chi connectivity index (χ3n) is 4.23. The third-order valence-corrected chi connectivity index (χ3v) is 5.32. The highest BCUT2D eigenvalue weighted by Crippen LogP contribution is 2.37. The molecule has 6 heteroatoms. The summed E-state index contributed by atoms with van der Waals surface area (Å²) in [7, 11) is 0. The molecule has 0 unspecified atom stereocenters. The molecule has 20 heavy (non-hydrogen) atoms. The minimum Gasteiger partial charge on any atom is -0.366 e. The number of nitrogens with one attached hydrogen (secondary N) is 1. The van der Waals surface area contributed by atoms with Crippen molar-refractivity contribution in [3.63, 3.8) is 0 Å². The van der Waals surface area contributed by atoms with Gasteiger partial charge in [-0.1, -0.05) is 19.3 Å². The van der Waals surface area contributed by atoms with Crippen molar-refractivity contribution >= 4 is 28.8 Å². The molecule has 3 N–H and O–H groups in total. The number of hydrogen-bond donors (Lipinski definition) is 2. The number of anilines is 1. The van der Waals surface area contributed by atoms with Gasteiger partial charge < -0.3 is 16.0 Å². The lowest BCUT2D eigenvalue weighted by Crippen LogP contribution is -2.47. The van der Waals surface area contributed by atoms with E-state index in [0.717, 1.165) is 17.7 Å². The van der Waals surface area contributed by atoms with E-state index in [4.69, 9.17) is 5.73 Å². The van der Waals surface area contributed by atoms with Crippen molar-refractivity contribution in [2.45, 2.75) is 45.1 Å². The SMILES string of the molecule is Cc1sc2c(c1C(N)=O)NCN(C1CCCCC1)C2=O. The topological polar surface area (TPSA) is 75.4 Å². The minimum atomic E-state index is -0.466. The zero-order valence-corrected chi connectivity index (χ0v) is 12.4. The van der Waals surface area contributed by atoms with Gasteiger partial charge in [-0.2, -0.15) is 0 Å². The van der Waals surface area contributed by atoms with Gasteiger partial charge in [-0.25, -0.2) is 0 Å². The summed E-state index contributed by atoms with van der Waals surface area (Å²) in [6, 6.07) is 0.330. The summed E-state index contributed by atoms with van der Waals surface area (Å²) in [5, 5.41) is 3.23. The Morgan fingerprint density at radius 2 is 2.05 bits per heavy atom. The molecule has 0 spiro atoms. The lowest BCUT2D eigenvalue weighted by Gasteiger charge is -2.37. The van der Waals surface area contributed by atoms with Crippen LogP contribution < -0.4 is 11.1 Å². The molecule has 2 heterocycles. The Kier molecular flexibility index (Phi) is 3.41. The molecule has 1 saturated carbocycles. The number of carbonyl (C=O) groups excluding carboxylic acids is 2. The number of aryl methyl sites for hydroxylation is 1. The molecular weight excluding hydrogens is 274 g/mol. The van der Waals surface area contributed by atoms with Crippen LogP contribution in [0, 0.1) is 6.92 Å². The van der Waals surface area contributed by atoms with Crippen LogP contribution >= 0.6 is 11.3 Å². The number of nitrogens with zero attached hydrogens (tertiary/aromatic N) is 1. The first-order valence-electron chi connectivity index (χ1n) is 7.07. The monoisotopic (exact) mass is 293 g/mol. The number of amides is 2. The normalized spacial score (nSPS) is 19.6. The number of carbonyl (C=O) groups is 2. The van der Waals surface area contributed by atoms with Crippen molar-refractivity contribution in [3.8, 4) is 0 Å². The Balaban J connectivity index is 1.91. The maximum Gasteiger partial charge on any atom is 0.267 e. The second-order valence-corrected chi connectivity index (χ2v) is 6.73. The van der Waals surface area contributed by atoms with Crippen LogP contribution in [0.3, 0.4) is 0 Å². The summed E-state index contributed by atoms with van der Waals surface area (Å²) in [6.07, 6.45) is 5.81. The fourth-order valence-corrected chi connectivity index (χ4v) is 4.31. The van der Waals surface area contributed by atoms with Crippen LogP contribution in [0.1, 0.15) is 57.0 Å². The van der Waals surface area contributed by atoms with Crippen LogP contribution in [-0.4, -0.2) is 29.4 Å². The van der Waals surface area contributed by atoms with Gasteiger partial charge in [0.05, 0.1) is 17.9 Å². The maximum atomic E-state index is 12.6. The molecule has 2 amide bonds. The smallest absolute Gasteiger partial charge is 0.267 e. The number of primary amides is 1. The van der Waals surface area contributed by atoms with E-state index >= 15 is 0 Å². The number of nitrogens with two attached hydrogens (primary N) is 1.